The number of hydrogen-bond acceptors (Lipinski definition) is 5. The van der Waals surface area contributed by atoms with Crippen molar-refractivity contribution in [3.05, 3.63) is 73.7 Å². The van der Waals surface area contributed by atoms with E-state index in [1.165, 1.54) is 24.3 Å². The van der Waals surface area contributed by atoms with Gasteiger partial charge < -0.3 is 5.11 Å². The van der Waals surface area contributed by atoms with Crippen LogP contribution in [0, 0.1) is 10.1 Å². The maximum atomic E-state index is 12.4. The molecule has 0 amide bonds. The second kappa shape index (κ2) is 6.49. The summed E-state index contributed by atoms with van der Waals surface area (Å²) < 4.78 is 0.721. The zero-order chi connectivity index (χ0) is 17.1. The molecule has 116 valence electrons. The number of carbonyl (C=O) groups excluding carboxylic acids is 2. The highest BCUT2D eigenvalue weighted by Crippen LogP contribution is 2.27. The van der Waals surface area contributed by atoms with E-state index in [4.69, 9.17) is 5.11 Å². The van der Waals surface area contributed by atoms with Gasteiger partial charge in [-0.15, -0.1) is 0 Å². The van der Waals surface area contributed by atoms with Gasteiger partial charge in [0.25, 0.3) is 11.5 Å². The Kier molecular flexibility index (Phi) is 4.65. The van der Waals surface area contributed by atoms with Gasteiger partial charge in [-0.3, -0.25) is 19.7 Å². The van der Waals surface area contributed by atoms with Gasteiger partial charge in [-0.2, -0.15) is 0 Å². The highest BCUT2D eigenvalue weighted by atomic mass is 79.9. The third kappa shape index (κ3) is 3.32. The molecule has 0 saturated heterocycles. The normalized spacial score (nSPS) is 10.1. The van der Waals surface area contributed by atoms with Crippen molar-refractivity contribution in [3.8, 4) is 0 Å². The molecule has 2 aromatic carbocycles. The number of hydrogen-bond donors (Lipinski definition) is 1. The molecule has 7 nitrogen and oxygen atoms in total. The average molecular weight is 378 g/mol. The smallest absolute Gasteiger partial charge is 0.377 e. The first kappa shape index (κ1) is 16.5. The van der Waals surface area contributed by atoms with E-state index >= 15 is 0 Å². The molecule has 2 rings (SSSR count). The fourth-order valence-corrected chi connectivity index (χ4v) is 2.24. The number of aliphatic carboxylic acids is 1. The molecule has 0 unspecified atom stereocenters. The molecular weight excluding hydrogens is 370 g/mol. The fraction of sp³-hybridized carbons (Fsp3) is 0. The molecule has 0 heterocycles. The van der Waals surface area contributed by atoms with E-state index < -0.39 is 33.7 Å². The third-order valence-corrected chi connectivity index (χ3v) is 3.54. The minimum absolute atomic E-state index is 0.177. The molecular formula is C15H8BrNO6. The Bertz CT molecular complexity index is 828. The second-order valence-electron chi connectivity index (χ2n) is 4.43. The Morgan fingerprint density at radius 1 is 1.00 bits per heavy atom. The maximum Gasteiger partial charge on any atom is 0.377 e. The molecule has 0 spiro atoms. The molecule has 23 heavy (non-hydrogen) atoms. The average Bonchev–Trinajstić information content (AvgIpc) is 2.53. The number of nitrogens with zero attached hydrogens (tertiary/aromatic N) is 1. The molecule has 8 heteroatoms. The number of benzene rings is 2. The summed E-state index contributed by atoms with van der Waals surface area (Å²) in [7, 11) is 0. The van der Waals surface area contributed by atoms with Crippen molar-refractivity contribution in [2.45, 2.75) is 0 Å². The number of nitro groups is 1. The number of rotatable bonds is 5. The van der Waals surface area contributed by atoms with Gasteiger partial charge in [0, 0.05) is 10.0 Å². The Hall–Kier alpha value is -2.87. The van der Waals surface area contributed by atoms with Gasteiger partial charge >= 0.3 is 5.97 Å². The minimum Gasteiger partial charge on any atom is -0.475 e. The van der Waals surface area contributed by atoms with E-state index in [0.29, 0.717) is 0 Å². The molecule has 0 radical (unpaired) electrons. The van der Waals surface area contributed by atoms with Crippen LogP contribution in [0.3, 0.4) is 0 Å². The van der Waals surface area contributed by atoms with Gasteiger partial charge in [0.05, 0.1) is 4.92 Å². The van der Waals surface area contributed by atoms with Crippen LogP contribution in [0.2, 0.25) is 0 Å². The van der Waals surface area contributed by atoms with E-state index in [2.05, 4.69) is 15.9 Å². The van der Waals surface area contributed by atoms with Crippen LogP contribution in [0.4, 0.5) is 5.69 Å². The van der Waals surface area contributed by atoms with Crippen molar-refractivity contribution in [2.75, 3.05) is 0 Å². The molecule has 2 aromatic rings. The van der Waals surface area contributed by atoms with E-state index in [-0.39, 0.29) is 11.1 Å². The van der Waals surface area contributed by atoms with E-state index in [0.717, 1.165) is 10.5 Å². The summed E-state index contributed by atoms with van der Waals surface area (Å²) in [4.78, 5) is 45.2. The molecule has 0 aliphatic rings. The lowest BCUT2D eigenvalue weighted by Gasteiger charge is -2.06. The first-order valence-corrected chi connectivity index (χ1v) is 6.97. The third-order valence-electron chi connectivity index (χ3n) is 3.01. The maximum absolute atomic E-state index is 12.4. The summed E-state index contributed by atoms with van der Waals surface area (Å²) in [5.41, 5.74) is -1.61. The van der Waals surface area contributed by atoms with Gasteiger partial charge in [-0.25, -0.2) is 4.79 Å². The largest absolute Gasteiger partial charge is 0.475 e. The summed E-state index contributed by atoms with van der Waals surface area (Å²) in [5.74, 6) is -3.95. The highest BCUT2D eigenvalue weighted by Gasteiger charge is 2.31. The first-order valence-electron chi connectivity index (χ1n) is 6.18. The quantitative estimate of drug-likeness (QED) is 0.370. The SMILES string of the molecule is O=C(O)C(=O)c1cccc(C(=O)c2ccc(Br)cc2)c1[N+](=O)[O-]. The number of ketones is 2. The van der Waals surface area contributed by atoms with Crippen molar-refractivity contribution >= 4 is 39.2 Å². The zero-order valence-electron chi connectivity index (χ0n) is 11.4. The first-order chi connectivity index (χ1) is 10.8. The zero-order valence-corrected chi connectivity index (χ0v) is 12.9. The van der Waals surface area contributed by atoms with Crippen LogP contribution in [0.15, 0.2) is 46.9 Å². The van der Waals surface area contributed by atoms with Crippen molar-refractivity contribution in [1.29, 1.82) is 0 Å². The number of halogens is 1. The van der Waals surface area contributed by atoms with E-state index in [1.54, 1.807) is 12.1 Å². The minimum atomic E-state index is -1.83. The van der Waals surface area contributed by atoms with Crippen LogP contribution in [0.5, 0.6) is 0 Å². The topological polar surface area (TPSA) is 115 Å². The molecule has 0 aliphatic heterocycles. The Labute approximate surface area is 137 Å². The molecule has 0 aliphatic carbocycles. The molecule has 0 fully saturated rings. The molecule has 0 aromatic heterocycles. The van der Waals surface area contributed by atoms with Crippen molar-refractivity contribution in [2.24, 2.45) is 0 Å². The number of Topliss-reactive ketones (excluding diaryl/α,β-unsaturated/α-hetero) is 1. The van der Waals surface area contributed by atoms with Gasteiger partial charge in [-0.05, 0) is 36.4 Å². The molecule has 1 N–H and O–H groups in total. The van der Waals surface area contributed by atoms with Crippen molar-refractivity contribution in [3.63, 3.8) is 0 Å². The Morgan fingerprint density at radius 2 is 1.57 bits per heavy atom. The summed E-state index contributed by atoms with van der Waals surface area (Å²) in [6.07, 6.45) is 0. The van der Waals surface area contributed by atoms with Crippen LogP contribution in [-0.2, 0) is 4.79 Å². The second-order valence-corrected chi connectivity index (χ2v) is 5.34. The van der Waals surface area contributed by atoms with Gasteiger partial charge in [0.2, 0.25) is 0 Å². The van der Waals surface area contributed by atoms with Crippen LogP contribution < -0.4 is 0 Å². The van der Waals surface area contributed by atoms with Crippen LogP contribution >= 0.6 is 15.9 Å². The number of nitro benzene ring substituents is 1. The van der Waals surface area contributed by atoms with Gasteiger partial charge in [-0.1, -0.05) is 22.0 Å². The molecule has 0 atom stereocenters. The molecule has 0 saturated carbocycles. The lowest BCUT2D eigenvalue weighted by molar-refractivity contribution is -0.385. The lowest BCUT2D eigenvalue weighted by atomic mass is 9.97. The summed E-state index contributed by atoms with van der Waals surface area (Å²) >= 11 is 3.21. The van der Waals surface area contributed by atoms with Gasteiger partial charge in [0.15, 0.2) is 5.78 Å². The van der Waals surface area contributed by atoms with E-state index in [9.17, 15) is 24.5 Å². The summed E-state index contributed by atoms with van der Waals surface area (Å²) in [5, 5.41) is 20.0. The number of carboxylic acid groups (broad SMARTS) is 1. The van der Waals surface area contributed by atoms with Crippen LogP contribution in [0.25, 0.3) is 0 Å². The fourth-order valence-electron chi connectivity index (χ4n) is 1.98. The monoisotopic (exact) mass is 377 g/mol. The predicted molar refractivity (Wildman–Crippen MR) is 82.6 cm³/mol. The van der Waals surface area contributed by atoms with Crippen LogP contribution in [0.1, 0.15) is 26.3 Å². The van der Waals surface area contributed by atoms with Crippen LogP contribution in [-0.4, -0.2) is 27.6 Å². The Balaban J connectivity index is 2.63. The number of para-hydroxylation sites is 1. The number of carbonyl (C=O) groups is 3. The summed E-state index contributed by atoms with van der Waals surface area (Å²) in [6, 6.07) is 9.52. The van der Waals surface area contributed by atoms with E-state index in [1.807, 2.05) is 0 Å². The van der Waals surface area contributed by atoms with Crippen molar-refractivity contribution < 1.29 is 24.4 Å². The Morgan fingerprint density at radius 3 is 2.09 bits per heavy atom. The standard InChI is InChI=1S/C15H8BrNO6/c16-9-6-4-8(5-7-9)13(18)10-2-1-3-11(12(10)17(22)23)14(19)15(20)21/h1-7H,(H,20,21). The number of carboxylic acids is 1. The lowest BCUT2D eigenvalue weighted by Crippen LogP contribution is -2.17. The van der Waals surface area contributed by atoms with Gasteiger partial charge in [0.1, 0.15) is 11.1 Å². The van der Waals surface area contributed by atoms with Crippen molar-refractivity contribution in [1.82, 2.24) is 0 Å². The highest BCUT2D eigenvalue weighted by molar-refractivity contribution is 9.10. The molecule has 0 bridgehead atoms. The summed E-state index contributed by atoms with van der Waals surface area (Å²) in [6.45, 7) is 0. The predicted octanol–water partition coefficient (Wildman–Crippen LogP) is 2.86.